The molecule has 0 radical (unpaired) electrons. The summed E-state index contributed by atoms with van der Waals surface area (Å²) in [7, 11) is -3.98. The van der Waals surface area contributed by atoms with E-state index >= 15 is 0 Å². The predicted molar refractivity (Wildman–Crippen MR) is 112 cm³/mol. The Hall–Kier alpha value is -1.60. The molecular formula is C19H26ClN2O6P. The number of carbonyl (C=O) groups excluding carboxylic acids is 1. The number of nitrogens with zero attached hydrogens (tertiary/aromatic N) is 2. The van der Waals surface area contributed by atoms with E-state index in [1.54, 1.807) is 58.9 Å². The number of benzene rings is 1. The van der Waals surface area contributed by atoms with Crippen LogP contribution in [0.5, 0.6) is 0 Å². The first-order valence-electron chi connectivity index (χ1n) is 9.36. The first-order chi connectivity index (χ1) is 13.5. The number of nitro groups is 1. The molecule has 3 unspecified atom stereocenters. The van der Waals surface area contributed by atoms with Gasteiger partial charge >= 0.3 is 7.60 Å². The predicted octanol–water partition coefficient (Wildman–Crippen LogP) is 4.73. The molecule has 2 rings (SSSR count). The highest BCUT2D eigenvalue weighted by Crippen LogP contribution is 2.59. The maximum absolute atomic E-state index is 13.4. The van der Waals surface area contributed by atoms with Crippen LogP contribution in [0.25, 0.3) is 0 Å². The molecule has 8 nitrogen and oxygen atoms in total. The number of halogens is 1. The molecule has 0 spiro atoms. The molecule has 10 heteroatoms. The van der Waals surface area contributed by atoms with Gasteiger partial charge in [-0.3, -0.25) is 24.5 Å². The van der Waals surface area contributed by atoms with Crippen LogP contribution in [0.2, 0.25) is 5.02 Å². The summed E-state index contributed by atoms with van der Waals surface area (Å²) in [5.41, 5.74) is -0.332. The van der Waals surface area contributed by atoms with E-state index in [4.69, 9.17) is 20.6 Å². The molecule has 0 fully saturated rings. The molecule has 29 heavy (non-hydrogen) atoms. The second-order valence-electron chi connectivity index (χ2n) is 7.69. The summed E-state index contributed by atoms with van der Waals surface area (Å²) < 4.78 is 24.1. The Morgan fingerprint density at radius 1 is 1.21 bits per heavy atom. The Labute approximate surface area is 175 Å². The van der Waals surface area contributed by atoms with Gasteiger partial charge in [-0.1, -0.05) is 44.5 Å². The lowest BCUT2D eigenvalue weighted by molar-refractivity contribution is -0.522. The van der Waals surface area contributed by atoms with Crippen molar-refractivity contribution < 1.29 is 23.3 Å². The third kappa shape index (κ3) is 4.94. The fourth-order valence-corrected chi connectivity index (χ4v) is 5.43. The average Bonchev–Trinajstić information content (AvgIpc) is 3.02. The van der Waals surface area contributed by atoms with Crippen LogP contribution in [0.1, 0.15) is 46.1 Å². The molecular weight excluding hydrogens is 419 g/mol. The van der Waals surface area contributed by atoms with Crippen molar-refractivity contribution in [1.29, 1.82) is 0 Å². The van der Waals surface area contributed by atoms with Crippen molar-refractivity contribution in [2.75, 3.05) is 13.2 Å². The highest BCUT2D eigenvalue weighted by atomic mass is 35.5. The number of carbonyl (C=O) groups is 1. The van der Waals surface area contributed by atoms with Crippen molar-refractivity contribution in [2.24, 2.45) is 10.4 Å². The minimum atomic E-state index is -3.98. The van der Waals surface area contributed by atoms with E-state index in [0.29, 0.717) is 10.6 Å². The lowest BCUT2D eigenvalue weighted by atomic mass is 9.80. The van der Waals surface area contributed by atoms with E-state index in [9.17, 15) is 19.5 Å². The molecule has 1 aromatic rings. The van der Waals surface area contributed by atoms with Gasteiger partial charge in [-0.05, 0) is 31.5 Å². The Bertz CT molecular complexity index is 839. The topological polar surface area (TPSA) is 108 Å². The van der Waals surface area contributed by atoms with Gasteiger partial charge < -0.3 is 9.05 Å². The summed E-state index contributed by atoms with van der Waals surface area (Å²) in [5, 5.41) is 12.6. The van der Waals surface area contributed by atoms with Crippen LogP contribution in [-0.4, -0.2) is 41.5 Å². The standard InChI is InChI=1S/C19H26ClN2O6P/c1-6-27-29(26,28-7-2)18-16(22(24)25)14(12-8-10-13(20)11-9-12)15(21-18)17(23)19(3,4)5/h8-11,14,16,18H,6-7H2,1-5H3. The second kappa shape index (κ2) is 9.04. The number of Topliss-reactive ketones (excluding diaryl/α,β-unsaturated/α-hetero) is 1. The van der Waals surface area contributed by atoms with Crippen LogP contribution in [0.4, 0.5) is 0 Å². The van der Waals surface area contributed by atoms with E-state index in [1.807, 2.05) is 0 Å². The van der Waals surface area contributed by atoms with Crippen molar-refractivity contribution in [3.8, 4) is 0 Å². The number of aliphatic imine (C=N–C) groups is 1. The highest BCUT2D eigenvalue weighted by molar-refractivity contribution is 7.54. The minimum absolute atomic E-state index is 0.00570. The lowest BCUT2D eigenvalue weighted by Gasteiger charge is -2.24. The summed E-state index contributed by atoms with van der Waals surface area (Å²) in [4.78, 5) is 29.0. The van der Waals surface area contributed by atoms with Gasteiger partial charge in [0.15, 0.2) is 5.78 Å². The summed E-state index contributed by atoms with van der Waals surface area (Å²) in [5.74, 6) is -2.76. The number of rotatable bonds is 8. The SMILES string of the molecule is CCOP(=O)(OCC)C1N=C(C(=O)C(C)(C)C)C(c2ccc(Cl)cc2)C1[N+](=O)[O-]. The monoisotopic (exact) mass is 444 g/mol. The van der Waals surface area contributed by atoms with Crippen LogP contribution in [0.3, 0.4) is 0 Å². The van der Waals surface area contributed by atoms with Gasteiger partial charge in [0, 0.05) is 15.4 Å². The van der Waals surface area contributed by atoms with E-state index in [1.165, 1.54) is 0 Å². The van der Waals surface area contributed by atoms with E-state index in [0.717, 1.165) is 0 Å². The van der Waals surface area contributed by atoms with Crippen molar-refractivity contribution in [3.63, 3.8) is 0 Å². The van der Waals surface area contributed by atoms with Gasteiger partial charge in [-0.15, -0.1) is 0 Å². The highest BCUT2D eigenvalue weighted by Gasteiger charge is 2.59. The average molecular weight is 445 g/mol. The smallest absolute Gasteiger partial charge is 0.307 e. The van der Waals surface area contributed by atoms with E-state index < -0.39 is 35.7 Å². The largest absolute Gasteiger partial charge is 0.362 e. The van der Waals surface area contributed by atoms with Gasteiger partial charge in [0.2, 0.25) is 5.78 Å². The molecule has 1 heterocycles. The summed E-state index contributed by atoms with van der Waals surface area (Å²) in [6.07, 6.45) is 0. The summed E-state index contributed by atoms with van der Waals surface area (Å²) >= 11 is 5.96. The zero-order chi connectivity index (χ0) is 22.0. The van der Waals surface area contributed by atoms with Crippen molar-refractivity contribution in [1.82, 2.24) is 0 Å². The van der Waals surface area contributed by atoms with Gasteiger partial charge in [-0.2, -0.15) is 0 Å². The molecule has 3 atom stereocenters. The molecule has 0 saturated heterocycles. The second-order valence-corrected chi connectivity index (χ2v) is 10.2. The fourth-order valence-electron chi connectivity index (χ4n) is 3.28. The van der Waals surface area contributed by atoms with E-state index in [2.05, 4.69) is 4.99 Å². The van der Waals surface area contributed by atoms with Gasteiger partial charge in [-0.25, -0.2) is 0 Å². The molecule has 0 saturated carbocycles. The molecule has 1 aromatic carbocycles. The first-order valence-corrected chi connectivity index (χ1v) is 11.4. The van der Waals surface area contributed by atoms with Gasteiger partial charge in [0.1, 0.15) is 0 Å². The third-order valence-electron chi connectivity index (χ3n) is 4.54. The molecule has 1 aliphatic heterocycles. The lowest BCUT2D eigenvalue weighted by Crippen LogP contribution is -2.39. The molecule has 0 N–H and O–H groups in total. The summed E-state index contributed by atoms with van der Waals surface area (Å²) in [6.45, 7) is 8.40. The first kappa shape index (κ1) is 23.7. The molecule has 0 amide bonds. The maximum atomic E-state index is 13.4. The molecule has 160 valence electrons. The fraction of sp³-hybridized carbons (Fsp3) is 0.579. The number of ketones is 1. The van der Waals surface area contributed by atoms with Crippen molar-refractivity contribution in [3.05, 3.63) is 45.0 Å². The Morgan fingerprint density at radius 3 is 2.14 bits per heavy atom. The minimum Gasteiger partial charge on any atom is -0.307 e. The van der Waals surface area contributed by atoms with E-state index in [-0.39, 0.29) is 24.7 Å². The quantitative estimate of drug-likeness (QED) is 0.326. The third-order valence-corrected chi connectivity index (χ3v) is 7.10. The number of hydrogen-bond donors (Lipinski definition) is 0. The Kier molecular flexibility index (Phi) is 7.38. The van der Waals surface area contributed by atoms with Crippen LogP contribution in [-0.2, 0) is 18.4 Å². The normalized spacial score (nSPS) is 22.4. The Morgan fingerprint density at radius 2 is 1.72 bits per heavy atom. The Balaban J connectivity index is 2.70. The summed E-state index contributed by atoms with van der Waals surface area (Å²) in [6, 6.07) is 4.94. The number of hydrogen-bond acceptors (Lipinski definition) is 7. The van der Waals surface area contributed by atoms with Crippen molar-refractivity contribution >= 4 is 30.7 Å². The van der Waals surface area contributed by atoms with Crippen LogP contribution >= 0.6 is 19.2 Å². The van der Waals surface area contributed by atoms with Gasteiger partial charge in [0.25, 0.3) is 6.04 Å². The van der Waals surface area contributed by atoms with Crippen molar-refractivity contribution in [2.45, 2.75) is 52.4 Å². The zero-order valence-corrected chi connectivity index (χ0v) is 18.8. The zero-order valence-electron chi connectivity index (χ0n) is 17.1. The molecule has 1 aliphatic rings. The van der Waals surface area contributed by atoms with Gasteiger partial charge in [0.05, 0.1) is 24.8 Å². The maximum Gasteiger partial charge on any atom is 0.362 e. The van der Waals surface area contributed by atoms with Crippen LogP contribution in [0.15, 0.2) is 29.3 Å². The molecule has 0 bridgehead atoms. The van der Waals surface area contributed by atoms with Crippen LogP contribution in [0, 0.1) is 15.5 Å². The molecule has 0 aromatic heterocycles. The molecule has 0 aliphatic carbocycles. The van der Waals surface area contributed by atoms with Crippen LogP contribution < -0.4 is 0 Å².